The fourth-order valence-electron chi connectivity index (χ4n) is 7.88. The SMILES string of the molecule is C=CCN(CCCCC)C(=O)C1N([C@@H](CO)[C@@H](C)CC)C(=O)[C@@H]2[C@@H](C(=O)N(CC=C)c3ccccc3)[C@@]3(CC)CCC12O3. The Morgan fingerprint density at radius 3 is 2.37 bits per heavy atom. The molecule has 3 aliphatic rings. The van der Waals surface area contributed by atoms with Crippen molar-refractivity contribution in [2.45, 2.75) is 95.9 Å². The molecule has 1 aromatic carbocycles. The third kappa shape index (κ3) is 5.57. The van der Waals surface area contributed by atoms with Gasteiger partial charge in [0.1, 0.15) is 11.6 Å². The van der Waals surface area contributed by atoms with Crippen molar-refractivity contribution in [3.05, 3.63) is 55.6 Å². The summed E-state index contributed by atoms with van der Waals surface area (Å²) in [5.74, 6) is -2.26. The highest BCUT2D eigenvalue weighted by molar-refractivity contribution is 6.03. The van der Waals surface area contributed by atoms with E-state index in [9.17, 15) is 19.5 Å². The number of carbonyl (C=O) groups is 3. The quantitative estimate of drug-likeness (QED) is 0.216. The van der Waals surface area contributed by atoms with Crippen LogP contribution in [0.3, 0.4) is 0 Å². The minimum absolute atomic E-state index is 0.0551. The summed E-state index contributed by atoms with van der Waals surface area (Å²) < 4.78 is 7.02. The summed E-state index contributed by atoms with van der Waals surface area (Å²) >= 11 is 0. The molecule has 8 heteroatoms. The van der Waals surface area contributed by atoms with E-state index in [0.29, 0.717) is 32.4 Å². The number of ether oxygens (including phenoxy) is 1. The molecular weight excluding hydrogens is 542 g/mol. The van der Waals surface area contributed by atoms with Crippen molar-refractivity contribution < 1.29 is 24.2 Å². The number of amides is 3. The lowest BCUT2D eigenvalue weighted by Crippen LogP contribution is -2.60. The van der Waals surface area contributed by atoms with Crippen LogP contribution in [-0.4, -0.2) is 82.2 Å². The van der Waals surface area contributed by atoms with Crippen LogP contribution in [0.5, 0.6) is 0 Å². The molecule has 4 rings (SSSR count). The van der Waals surface area contributed by atoms with Crippen molar-refractivity contribution >= 4 is 23.4 Å². The lowest BCUT2D eigenvalue weighted by atomic mass is 9.64. The summed E-state index contributed by atoms with van der Waals surface area (Å²) in [5, 5.41) is 10.7. The summed E-state index contributed by atoms with van der Waals surface area (Å²) in [6, 6.07) is 7.94. The number of likely N-dealkylation sites (tertiary alicyclic amines) is 1. The summed E-state index contributed by atoms with van der Waals surface area (Å²) in [6.07, 6.45) is 8.63. The predicted molar refractivity (Wildman–Crippen MR) is 169 cm³/mol. The summed E-state index contributed by atoms with van der Waals surface area (Å²) in [6.45, 7) is 16.9. The number of unbranched alkanes of at least 4 members (excludes halogenated alkanes) is 2. The van der Waals surface area contributed by atoms with E-state index in [1.54, 1.807) is 26.9 Å². The highest BCUT2D eigenvalue weighted by Gasteiger charge is 2.79. The molecule has 236 valence electrons. The Morgan fingerprint density at radius 2 is 1.79 bits per heavy atom. The first-order valence-electron chi connectivity index (χ1n) is 16.2. The van der Waals surface area contributed by atoms with E-state index in [0.717, 1.165) is 31.4 Å². The first kappa shape index (κ1) is 32.9. The van der Waals surface area contributed by atoms with Gasteiger partial charge in [-0.25, -0.2) is 0 Å². The van der Waals surface area contributed by atoms with E-state index in [1.807, 2.05) is 51.1 Å². The zero-order chi connectivity index (χ0) is 31.4. The van der Waals surface area contributed by atoms with Crippen molar-refractivity contribution in [2.75, 3.05) is 31.1 Å². The van der Waals surface area contributed by atoms with E-state index in [1.165, 1.54) is 0 Å². The van der Waals surface area contributed by atoms with Crippen molar-refractivity contribution in [3.63, 3.8) is 0 Å². The van der Waals surface area contributed by atoms with E-state index in [4.69, 9.17) is 4.74 Å². The zero-order valence-electron chi connectivity index (χ0n) is 26.5. The molecule has 1 spiro atoms. The second kappa shape index (κ2) is 13.8. The van der Waals surface area contributed by atoms with Gasteiger partial charge >= 0.3 is 0 Å². The molecule has 8 nitrogen and oxygen atoms in total. The van der Waals surface area contributed by atoms with E-state index in [-0.39, 0.29) is 36.8 Å². The summed E-state index contributed by atoms with van der Waals surface area (Å²) in [4.78, 5) is 49.2. The maximum Gasteiger partial charge on any atom is 0.248 e. The molecule has 3 heterocycles. The number of para-hydroxylation sites is 1. The minimum Gasteiger partial charge on any atom is -0.394 e. The molecule has 3 saturated heterocycles. The number of fused-ring (bicyclic) bond motifs is 1. The van der Waals surface area contributed by atoms with Gasteiger partial charge in [-0.1, -0.05) is 77.3 Å². The first-order chi connectivity index (χ1) is 20.7. The van der Waals surface area contributed by atoms with Gasteiger partial charge in [0.2, 0.25) is 17.7 Å². The van der Waals surface area contributed by atoms with E-state index >= 15 is 0 Å². The number of aliphatic hydroxyl groups is 1. The van der Waals surface area contributed by atoms with Gasteiger partial charge < -0.3 is 24.5 Å². The maximum atomic E-state index is 14.8. The van der Waals surface area contributed by atoms with Gasteiger partial charge in [-0.05, 0) is 43.7 Å². The number of benzene rings is 1. The normalized spacial score (nSPS) is 28.8. The monoisotopic (exact) mass is 593 g/mol. The van der Waals surface area contributed by atoms with Gasteiger partial charge in [0.25, 0.3) is 0 Å². The Bertz CT molecular complexity index is 1170. The lowest BCUT2D eigenvalue weighted by Gasteiger charge is -2.41. The standard InChI is InChI=1S/C35H51N3O5/c1-7-12-16-23-36(21-8-2)33(42)30-35-20-19-34(11-5,43-35)28(29(35)32(41)38(30)27(24-39)25(6)10-4)31(40)37(22-9-3)26-17-14-13-15-18-26/h8-9,13-15,17-18,25,27-30,39H,2-3,7,10-12,16,19-24H2,1,4-6H3/t25-,27-,28-,29-,30?,34+,35?/m0/s1. The second-order valence-corrected chi connectivity index (χ2v) is 12.6. The van der Waals surface area contributed by atoms with Crippen LogP contribution in [0.15, 0.2) is 55.6 Å². The Morgan fingerprint density at radius 1 is 1.09 bits per heavy atom. The third-order valence-corrected chi connectivity index (χ3v) is 10.3. The fraction of sp³-hybridized carbons (Fsp3) is 0.629. The zero-order valence-corrected chi connectivity index (χ0v) is 26.5. The van der Waals surface area contributed by atoms with Crippen LogP contribution in [0.2, 0.25) is 0 Å². The van der Waals surface area contributed by atoms with Crippen molar-refractivity contribution in [3.8, 4) is 0 Å². The molecule has 2 unspecified atom stereocenters. The average molecular weight is 594 g/mol. The minimum atomic E-state index is -1.15. The van der Waals surface area contributed by atoms with Gasteiger partial charge in [-0.15, -0.1) is 13.2 Å². The number of hydrogen-bond donors (Lipinski definition) is 1. The number of rotatable bonds is 16. The molecule has 3 aliphatic heterocycles. The van der Waals surface area contributed by atoms with Crippen molar-refractivity contribution in [1.82, 2.24) is 9.80 Å². The van der Waals surface area contributed by atoms with Gasteiger partial charge in [0.15, 0.2) is 0 Å². The highest BCUT2D eigenvalue weighted by Crippen LogP contribution is 2.65. The van der Waals surface area contributed by atoms with Crippen LogP contribution in [0.25, 0.3) is 0 Å². The van der Waals surface area contributed by atoms with Crippen molar-refractivity contribution in [1.29, 1.82) is 0 Å². The first-order valence-corrected chi connectivity index (χ1v) is 16.2. The highest BCUT2D eigenvalue weighted by atomic mass is 16.5. The molecule has 0 saturated carbocycles. The molecule has 0 aliphatic carbocycles. The number of carbonyl (C=O) groups excluding carboxylic acids is 3. The third-order valence-electron chi connectivity index (χ3n) is 10.3. The number of nitrogens with zero attached hydrogens (tertiary/aromatic N) is 3. The summed E-state index contributed by atoms with van der Waals surface area (Å²) in [5.41, 5.74) is -1.27. The second-order valence-electron chi connectivity index (χ2n) is 12.6. The van der Waals surface area contributed by atoms with Gasteiger partial charge in [-0.3, -0.25) is 14.4 Å². The lowest BCUT2D eigenvalue weighted by molar-refractivity contribution is -0.157. The topological polar surface area (TPSA) is 90.4 Å². The Hall–Kier alpha value is -2.97. The van der Waals surface area contributed by atoms with Crippen LogP contribution in [0, 0.1) is 17.8 Å². The Labute approximate surface area is 257 Å². The van der Waals surface area contributed by atoms with Crippen LogP contribution >= 0.6 is 0 Å². The van der Waals surface area contributed by atoms with Gasteiger partial charge in [-0.2, -0.15) is 0 Å². The molecule has 1 aromatic rings. The average Bonchev–Trinajstić information content (AvgIpc) is 3.63. The predicted octanol–water partition coefficient (Wildman–Crippen LogP) is 4.97. The number of anilines is 1. The van der Waals surface area contributed by atoms with Crippen LogP contribution in [0.4, 0.5) is 5.69 Å². The fourth-order valence-corrected chi connectivity index (χ4v) is 7.88. The van der Waals surface area contributed by atoms with Crippen LogP contribution in [0.1, 0.15) is 72.6 Å². The number of aliphatic hydroxyl groups excluding tert-OH is 1. The maximum absolute atomic E-state index is 14.8. The van der Waals surface area contributed by atoms with Gasteiger partial charge in [0, 0.05) is 25.3 Å². The smallest absolute Gasteiger partial charge is 0.248 e. The largest absolute Gasteiger partial charge is 0.394 e. The molecule has 1 N–H and O–H groups in total. The van der Waals surface area contributed by atoms with Crippen LogP contribution < -0.4 is 4.90 Å². The van der Waals surface area contributed by atoms with Crippen LogP contribution in [-0.2, 0) is 19.1 Å². The molecule has 0 radical (unpaired) electrons. The molecular formula is C35H51N3O5. The molecule has 3 amide bonds. The van der Waals surface area contributed by atoms with E-state index < -0.39 is 35.1 Å². The molecule has 43 heavy (non-hydrogen) atoms. The number of hydrogen-bond acceptors (Lipinski definition) is 5. The Kier molecular flexibility index (Phi) is 10.5. The molecule has 3 fully saturated rings. The molecule has 7 atom stereocenters. The molecule has 0 aromatic heterocycles. The van der Waals surface area contributed by atoms with Gasteiger partial charge in [0.05, 0.1) is 30.1 Å². The summed E-state index contributed by atoms with van der Waals surface area (Å²) in [7, 11) is 0. The van der Waals surface area contributed by atoms with E-state index in [2.05, 4.69) is 20.1 Å². The van der Waals surface area contributed by atoms with Crippen molar-refractivity contribution in [2.24, 2.45) is 17.8 Å². The Balaban J connectivity index is 1.85. The molecule has 2 bridgehead atoms.